The molecule has 0 saturated carbocycles. The molecule has 0 bridgehead atoms. The Morgan fingerprint density at radius 2 is 1.76 bits per heavy atom. The number of hydrogen-bond acceptors (Lipinski definition) is 6. The molecule has 2 amide bonds. The van der Waals surface area contributed by atoms with Crippen LogP contribution in [0, 0.1) is 0 Å². The molecule has 0 fully saturated rings. The number of imidazole rings is 1. The van der Waals surface area contributed by atoms with E-state index in [9.17, 15) is 19.5 Å². The van der Waals surface area contributed by atoms with E-state index >= 15 is 0 Å². The molecule has 0 unspecified atom stereocenters. The van der Waals surface area contributed by atoms with Crippen molar-refractivity contribution in [1.82, 2.24) is 14.9 Å². The fraction of sp³-hybridized carbons (Fsp3) is 0.217. The van der Waals surface area contributed by atoms with Crippen LogP contribution in [-0.4, -0.2) is 38.0 Å². The fourth-order valence-electron chi connectivity index (χ4n) is 2.92. The number of rotatable bonds is 10. The molecular formula is C23H23ClN4O4S. The molecule has 8 nitrogen and oxygen atoms in total. The van der Waals surface area contributed by atoms with Gasteiger partial charge >= 0.3 is 0 Å². The first-order chi connectivity index (χ1) is 15.9. The topological polar surface area (TPSA) is 113 Å². The van der Waals surface area contributed by atoms with Gasteiger partial charge < -0.3 is 20.3 Å². The number of halogens is 1. The number of aromatic nitrogens is 2. The van der Waals surface area contributed by atoms with Crippen molar-refractivity contribution in [1.29, 1.82) is 0 Å². The molecule has 1 aromatic heterocycles. The van der Waals surface area contributed by atoms with E-state index in [4.69, 9.17) is 11.6 Å². The summed E-state index contributed by atoms with van der Waals surface area (Å²) in [6.07, 6.45) is 1.48. The largest absolute Gasteiger partial charge is 0.390 e. The van der Waals surface area contributed by atoms with Crippen molar-refractivity contribution in [2.45, 2.75) is 31.8 Å². The third kappa shape index (κ3) is 7.18. The van der Waals surface area contributed by atoms with E-state index in [0.717, 1.165) is 17.3 Å². The number of carbonyl (C=O) groups excluding carboxylic acids is 3. The van der Waals surface area contributed by atoms with Gasteiger partial charge in [0.1, 0.15) is 6.54 Å². The lowest BCUT2D eigenvalue weighted by Gasteiger charge is -2.11. The Bertz CT molecular complexity index is 1130. The Morgan fingerprint density at radius 3 is 2.39 bits per heavy atom. The van der Waals surface area contributed by atoms with E-state index in [1.165, 1.54) is 13.1 Å². The van der Waals surface area contributed by atoms with Gasteiger partial charge in [-0.2, -0.15) is 0 Å². The average Bonchev–Trinajstić information content (AvgIpc) is 3.19. The van der Waals surface area contributed by atoms with Gasteiger partial charge in [-0.3, -0.25) is 14.4 Å². The van der Waals surface area contributed by atoms with Gasteiger partial charge in [-0.25, -0.2) is 4.98 Å². The molecule has 3 rings (SSSR count). The number of aliphatic hydroxyl groups is 1. The van der Waals surface area contributed by atoms with E-state index in [2.05, 4.69) is 15.6 Å². The van der Waals surface area contributed by atoms with Crippen LogP contribution in [0.1, 0.15) is 28.5 Å². The molecule has 2 aromatic carbocycles. The molecule has 3 N–H and O–H groups in total. The van der Waals surface area contributed by atoms with Gasteiger partial charge in [0, 0.05) is 22.8 Å². The summed E-state index contributed by atoms with van der Waals surface area (Å²) in [5.41, 5.74) is 2.52. The van der Waals surface area contributed by atoms with Crippen molar-refractivity contribution in [3.8, 4) is 0 Å². The minimum atomic E-state index is -0.285. The maximum absolute atomic E-state index is 12.4. The first kappa shape index (κ1) is 24.5. The van der Waals surface area contributed by atoms with Crippen molar-refractivity contribution < 1.29 is 19.5 Å². The number of ketones is 1. The van der Waals surface area contributed by atoms with Gasteiger partial charge in [0.25, 0.3) is 0 Å². The summed E-state index contributed by atoms with van der Waals surface area (Å²) in [6, 6.07) is 13.8. The van der Waals surface area contributed by atoms with Gasteiger partial charge in [-0.15, -0.1) is 0 Å². The molecular weight excluding hydrogens is 464 g/mol. The molecule has 0 aliphatic heterocycles. The Balaban J connectivity index is 1.55. The van der Waals surface area contributed by atoms with Gasteiger partial charge in [-0.1, -0.05) is 35.5 Å². The lowest BCUT2D eigenvalue weighted by atomic mass is 10.1. The molecule has 172 valence electrons. The molecule has 0 aliphatic rings. The van der Waals surface area contributed by atoms with Crippen LogP contribution in [0.25, 0.3) is 0 Å². The fourth-order valence-corrected chi connectivity index (χ4v) is 3.84. The number of nitrogens with one attached hydrogen (secondary N) is 2. The Labute approximate surface area is 200 Å². The minimum Gasteiger partial charge on any atom is -0.390 e. The van der Waals surface area contributed by atoms with Crippen LogP contribution in [0.5, 0.6) is 0 Å². The summed E-state index contributed by atoms with van der Waals surface area (Å²) < 4.78 is 1.58. The molecule has 0 radical (unpaired) electrons. The van der Waals surface area contributed by atoms with Crippen molar-refractivity contribution in [3.05, 3.63) is 76.6 Å². The summed E-state index contributed by atoms with van der Waals surface area (Å²) in [4.78, 5) is 40.3. The third-order valence-corrected chi connectivity index (χ3v) is 5.92. The molecule has 0 aliphatic carbocycles. The van der Waals surface area contributed by atoms with Crippen LogP contribution >= 0.6 is 23.4 Å². The Hall–Kier alpha value is -3.14. The summed E-state index contributed by atoms with van der Waals surface area (Å²) in [7, 11) is 0. The molecule has 0 spiro atoms. The number of benzene rings is 2. The quantitative estimate of drug-likeness (QED) is 0.299. The van der Waals surface area contributed by atoms with Crippen molar-refractivity contribution >= 4 is 46.6 Å². The van der Waals surface area contributed by atoms with E-state index < -0.39 is 0 Å². The van der Waals surface area contributed by atoms with Crippen LogP contribution in [-0.2, 0) is 29.3 Å². The highest BCUT2D eigenvalue weighted by Gasteiger charge is 2.15. The third-order valence-electron chi connectivity index (χ3n) is 4.68. The number of anilines is 1. The summed E-state index contributed by atoms with van der Waals surface area (Å²) >= 11 is 7.03. The SMILES string of the molecule is CC(=O)c1ccc(NC(=O)CSc2ncc(CO)n2CC(=O)NCc2ccc(Cl)cc2)cc1. The van der Waals surface area contributed by atoms with E-state index in [1.807, 2.05) is 12.1 Å². The monoisotopic (exact) mass is 486 g/mol. The number of nitrogens with zero attached hydrogens (tertiary/aromatic N) is 2. The van der Waals surface area contributed by atoms with E-state index in [0.29, 0.717) is 33.7 Å². The maximum Gasteiger partial charge on any atom is 0.240 e. The second-order valence-electron chi connectivity index (χ2n) is 7.15. The number of aliphatic hydroxyl groups excluding tert-OH is 1. The first-order valence-corrected chi connectivity index (χ1v) is 11.4. The summed E-state index contributed by atoms with van der Waals surface area (Å²) in [5.74, 6) is -0.507. The standard InChI is InChI=1S/C23H23ClN4O4S/c1-15(30)17-4-8-19(9-5-17)27-22(32)14-33-23-26-11-20(13-29)28(23)12-21(31)25-10-16-2-6-18(24)7-3-16/h2-9,11,29H,10,12-14H2,1H3,(H,25,31)(H,27,32). The normalized spacial score (nSPS) is 10.6. The van der Waals surface area contributed by atoms with Gasteiger partial charge in [0.05, 0.1) is 24.3 Å². The highest BCUT2D eigenvalue weighted by atomic mass is 35.5. The molecule has 0 saturated heterocycles. The van der Waals surface area contributed by atoms with Gasteiger partial charge in [0.15, 0.2) is 10.9 Å². The highest BCUT2D eigenvalue weighted by Crippen LogP contribution is 2.20. The van der Waals surface area contributed by atoms with Crippen LogP contribution in [0.3, 0.4) is 0 Å². The van der Waals surface area contributed by atoms with Crippen LogP contribution < -0.4 is 10.6 Å². The number of hydrogen-bond donors (Lipinski definition) is 3. The zero-order valence-corrected chi connectivity index (χ0v) is 19.4. The van der Waals surface area contributed by atoms with Gasteiger partial charge in [-0.05, 0) is 48.9 Å². The van der Waals surface area contributed by atoms with E-state index in [-0.39, 0.29) is 36.5 Å². The van der Waals surface area contributed by atoms with Crippen LogP contribution in [0.4, 0.5) is 5.69 Å². The molecule has 0 atom stereocenters. The van der Waals surface area contributed by atoms with Crippen LogP contribution in [0.15, 0.2) is 59.9 Å². The average molecular weight is 487 g/mol. The number of carbonyl (C=O) groups is 3. The second-order valence-corrected chi connectivity index (χ2v) is 8.53. The lowest BCUT2D eigenvalue weighted by Crippen LogP contribution is -2.28. The first-order valence-electron chi connectivity index (χ1n) is 10.1. The number of thioether (sulfide) groups is 1. The predicted molar refractivity (Wildman–Crippen MR) is 127 cm³/mol. The van der Waals surface area contributed by atoms with Crippen molar-refractivity contribution in [2.75, 3.05) is 11.1 Å². The summed E-state index contributed by atoms with van der Waals surface area (Å²) in [6.45, 7) is 1.49. The summed E-state index contributed by atoms with van der Waals surface area (Å²) in [5, 5.41) is 16.2. The predicted octanol–water partition coefficient (Wildman–Crippen LogP) is 3.28. The molecule has 33 heavy (non-hydrogen) atoms. The zero-order chi connectivity index (χ0) is 23.8. The zero-order valence-electron chi connectivity index (χ0n) is 17.9. The van der Waals surface area contributed by atoms with Gasteiger partial charge in [0.2, 0.25) is 11.8 Å². The molecule has 1 heterocycles. The molecule has 10 heteroatoms. The number of amides is 2. The number of Topliss-reactive ketones (excluding diaryl/α,β-unsaturated/α-hetero) is 1. The van der Waals surface area contributed by atoms with Crippen LogP contribution in [0.2, 0.25) is 5.02 Å². The Kier molecular flexibility index (Phi) is 8.65. The minimum absolute atomic E-state index is 0.0417. The lowest BCUT2D eigenvalue weighted by molar-refractivity contribution is -0.122. The second kappa shape index (κ2) is 11.6. The maximum atomic E-state index is 12.4. The smallest absolute Gasteiger partial charge is 0.240 e. The van der Waals surface area contributed by atoms with Crippen molar-refractivity contribution in [3.63, 3.8) is 0 Å². The van der Waals surface area contributed by atoms with E-state index in [1.54, 1.807) is 41.0 Å². The Morgan fingerprint density at radius 1 is 1.06 bits per heavy atom. The highest BCUT2D eigenvalue weighted by molar-refractivity contribution is 7.99. The molecule has 3 aromatic rings. The van der Waals surface area contributed by atoms with Crippen molar-refractivity contribution in [2.24, 2.45) is 0 Å².